The second-order valence-electron chi connectivity index (χ2n) is 8.45. The van der Waals surface area contributed by atoms with E-state index in [-0.39, 0.29) is 0 Å². The minimum atomic E-state index is 0.750. The smallest absolute Gasteiger partial charge is 0.101 e. The maximum atomic E-state index is 5.94. The first-order valence-corrected chi connectivity index (χ1v) is 9.68. The summed E-state index contributed by atoms with van der Waals surface area (Å²) in [6, 6.07) is 7.01. The number of nitrogen functional groups attached to an aromatic ring is 1. The van der Waals surface area contributed by atoms with Gasteiger partial charge in [0.1, 0.15) is 6.04 Å². The molecule has 1 aromatic carbocycles. The van der Waals surface area contributed by atoms with Gasteiger partial charge in [-0.15, -0.1) is 0 Å². The maximum Gasteiger partial charge on any atom is 0.101 e. The molecule has 2 N–H and O–H groups in total. The highest BCUT2D eigenvalue weighted by Gasteiger charge is 2.29. The molecule has 2 aliphatic rings. The predicted octanol–water partition coefficient (Wildman–Crippen LogP) is 1.82. The van der Waals surface area contributed by atoms with Crippen LogP contribution >= 0.6 is 0 Å². The Morgan fingerprint density at radius 2 is 1.96 bits per heavy atom. The van der Waals surface area contributed by atoms with Crippen molar-refractivity contribution in [3.63, 3.8) is 0 Å². The Bertz CT molecular complexity index is 569. The summed E-state index contributed by atoms with van der Waals surface area (Å²) >= 11 is 0. The highest BCUT2D eigenvalue weighted by atomic mass is 16.5. The van der Waals surface area contributed by atoms with E-state index in [4.69, 9.17) is 10.5 Å². The van der Waals surface area contributed by atoms with Crippen molar-refractivity contribution >= 4 is 11.4 Å². The number of nitrogens with zero attached hydrogens (tertiary/aromatic N) is 3. The molecule has 3 rings (SSSR count). The molecule has 1 unspecified atom stereocenters. The number of benzene rings is 1. The van der Waals surface area contributed by atoms with E-state index in [1.165, 1.54) is 37.2 Å². The summed E-state index contributed by atoms with van der Waals surface area (Å²) in [4.78, 5) is 4.98. The molecule has 1 saturated heterocycles. The van der Waals surface area contributed by atoms with Crippen LogP contribution in [0.1, 0.15) is 18.4 Å². The van der Waals surface area contributed by atoms with Crippen LogP contribution in [0.2, 0.25) is 0 Å². The number of ether oxygens (including phenoxy) is 1. The molecule has 1 aromatic rings. The molecule has 0 aliphatic carbocycles. The van der Waals surface area contributed by atoms with E-state index in [1.54, 1.807) is 0 Å². The van der Waals surface area contributed by atoms with Crippen LogP contribution in [0.3, 0.4) is 0 Å². The molecule has 2 heterocycles. The molecule has 1 fully saturated rings. The minimum Gasteiger partial charge on any atom is -0.399 e. The number of fused-ring (bicyclic) bond motifs is 1. The number of hydrogen-bond donors (Lipinski definition) is 1. The topological polar surface area (TPSA) is 41.7 Å². The van der Waals surface area contributed by atoms with Gasteiger partial charge in [0, 0.05) is 37.4 Å². The zero-order valence-corrected chi connectivity index (χ0v) is 16.2. The number of anilines is 2. The molecule has 5 nitrogen and oxygen atoms in total. The Morgan fingerprint density at radius 1 is 1.16 bits per heavy atom. The van der Waals surface area contributed by atoms with Gasteiger partial charge in [-0.1, -0.05) is 6.07 Å². The zero-order chi connectivity index (χ0) is 17.9. The molecule has 2 aliphatic heterocycles. The third-order valence-electron chi connectivity index (χ3n) is 5.73. The molecule has 25 heavy (non-hydrogen) atoms. The first-order valence-electron chi connectivity index (χ1n) is 9.68. The summed E-state index contributed by atoms with van der Waals surface area (Å²) in [5.74, 6) is 0. The van der Waals surface area contributed by atoms with E-state index < -0.39 is 0 Å². The van der Waals surface area contributed by atoms with Crippen LogP contribution in [0.5, 0.6) is 0 Å². The van der Waals surface area contributed by atoms with Crippen LogP contribution in [0, 0.1) is 0 Å². The van der Waals surface area contributed by atoms with Gasteiger partial charge in [-0.3, -0.25) is 4.90 Å². The summed E-state index contributed by atoms with van der Waals surface area (Å²) in [7, 11) is 6.93. The molecule has 0 aromatic heterocycles. The number of nitrogens with two attached hydrogens (primary N) is 1. The normalized spacial score (nSPS) is 21.6. The Hall–Kier alpha value is -1.30. The second-order valence-corrected chi connectivity index (χ2v) is 8.45. The van der Waals surface area contributed by atoms with Crippen molar-refractivity contribution in [1.82, 2.24) is 4.90 Å². The molecular formula is C20H35N4O+. The van der Waals surface area contributed by atoms with Crippen LogP contribution in [0.15, 0.2) is 18.2 Å². The average Bonchev–Trinajstić information content (AvgIpc) is 2.96. The van der Waals surface area contributed by atoms with Crippen LogP contribution in [-0.4, -0.2) is 82.5 Å². The first kappa shape index (κ1) is 18.5. The van der Waals surface area contributed by atoms with E-state index in [1.807, 2.05) is 6.07 Å². The molecule has 0 amide bonds. The van der Waals surface area contributed by atoms with Gasteiger partial charge in [0.2, 0.25) is 0 Å². The number of quaternary nitrogens is 1. The lowest BCUT2D eigenvalue weighted by molar-refractivity contribution is -0.896. The van der Waals surface area contributed by atoms with Crippen molar-refractivity contribution < 1.29 is 9.22 Å². The van der Waals surface area contributed by atoms with Gasteiger partial charge in [0.25, 0.3) is 0 Å². The van der Waals surface area contributed by atoms with Gasteiger partial charge in [0.15, 0.2) is 0 Å². The molecule has 5 heteroatoms. The number of rotatable bonds is 7. The third kappa shape index (κ3) is 4.87. The van der Waals surface area contributed by atoms with E-state index in [9.17, 15) is 0 Å². The van der Waals surface area contributed by atoms with Gasteiger partial charge in [-0.2, -0.15) is 0 Å². The summed E-state index contributed by atoms with van der Waals surface area (Å²) in [6.07, 6.45) is 3.78. The minimum absolute atomic E-state index is 0.750. The van der Waals surface area contributed by atoms with Gasteiger partial charge in [-0.05, 0) is 37.1 Å². The lowest BCUT2D eigenvalue weighted by Crippen LogP contribution is -2.54. The molecule has 0 bridgehead atoms. The molecule has 140 valence electrons. The van der Waals surface area contributed by atoms with Gasteiger partial charge >= 0.3 is 0 Å². The second kappa shape index (κ2) is 7.94. The lowest BCUT2D eigenvalue weighted by Gasteiger charge is -2.41. The maximum absolute atomic E-state index is 5.94. The lowest BCUT2D eigenvalue weighted by atomic mass is 10.0. The number of piperidine rings is 1. The fourth-order valence-corrected chi connectivity index (χ4v) is 4.03. The SMILES string of the molecule is C[N+](C)(C)C1CCCN(CCOCCN2CCc3ccc(N)cc32)C1. The van der Waals surface area contributed by atoms with Gasteiger partial charge in [0.05, 0.1) is 40.9 Å². The third-order valence-corrected chi connectivity index (χ3v) is 5.73. The summed E-state index contributed by atoms with van der Waals surface area (Å²) in [6.45, 7) is 7.14. The Balaban J connectivity index is 1.35. The van der Waals surface area contributed by atoms with Crippen LogP contribution in [-0.2, 0) is 11.2 Å². The van der Waals surface area contributed by atoms with Crippen LogP contribution < -0.4 is 10.6 Å². The molecular weight excluding hydrogens is 312 g/mol. The fraction of sp³-hybridized carbons (Fsp3) is 0.700. The molecule has 0 saturated carbocycles. The predicted molar refractivity (Wildman–Crippen MR) is 105 cm³/mol. The van der Waals surface area contributed by atoms with E-state index in [0.29, 0.717) is 0 Å². The van der Waals surface area contributed by atoms with Gasteiger partial charge in [-0.25, -0.2) is 0 Å². The van der Waals surface area contributed by atoms with Gasteiger partial charge < -0.3 is 19.9 Å². The molecule has 1 atom stereocenters. The monoisotopic (exact) mass is 347 g/mol. The van der Waals surface area contributed by atoms with E-state index >= 15 is 0 Å². The zero-order valence-electron chi connectivity index (χ0n) is 16.2. The average molecular weight is 348 g/mol. The van der Waals surface area contributed by atoms with Crippen molar-refractivity contribution in [3.05, 3.63) is 23.8 Å². The first-order chi connectivity index (χ1) is 11.9. The van der Waals surface area contributed by atoms with Crippen LogP contribution in [0.25, 0.3) is 0 Å². The van der Waals surface area contributed by atoms with Crippen molar-refractivity contribution in [1.29, 1.82) is 0 Å². The van der Waals surface area contributed by atoms with Crippen molar-refractivity contribution in [2.45, 2.75) is 25.3 Å². The van der Waals surface area contributed by atoms with Crippen LogP contribution in [0.4, 0.5) is 11.4 Å². The number of likely N-dealkylation sites (N-methyl/N-ethyl adjacent to an activating group) is 1. The highest BCUT2D eigenvalue weighted by molar-refractivity contribution is 5.64. The Morgan fingerprint density at radius 3 is 2.76 bits per heavy atom. The largest absolute Gasteiger partial charge is 0.399 e. The fourth-order valence-electron chi connectivity index (χ4n) is 4.03. The number of likely N-dealkylation sites (tertiary alicyclic amines) is 1. The highest BCUT2D eigenvalue weighted by Crippen LogP contribution is 2.29. The molecule has 0 spiro atoms. The summed E-state index contributed by atoms with van der Waals surface area (Å²) < 4.78 is 7.01. The van der Waals surface area contributed by atoms with E-state index in [2.05, 4.69) is 43.1 Å². The Kier molecular flexibility index (Phi) is 5.87. The van der Waals surface area contributed by atoms with Crippen molar-refractivity contribution in [2.24, 2.45) is 0 Å². The number of hydrogen-bond acceptors (Lipinski definition) is 4. The Labute approximate surface area is 152 Å². The summed E-state index contributed by atoms with van der Waals surface area (Å²) in [5.41, 5.74) is 9.49. The molecule has 0 radical (unpaired) electrons. The quantitative estimate of drug-likeness (QED) is 0.464. The standard InChI is InChI=1S/C20H35N4O/c1-24(2,3)19-5-4-9-22(16-19)11-13-25-14-12-23-10-8-17-6-7-18(21)15-20(17)23/h6-7,15,19H,4-5,8-14,16,21H2,1-3H3/q+1. The van der Waals surface area contributed by atoms with Crippen molar-refractivity contribution in [3.8, 4) is 0 Å². The summed E-state index contributed by atoms with van der Waals surface area (Å²) in [5, 5.41) is 0. The van der Waals surface area contributed by atoms with E-state index in [0.717, 1.165) is 55.5 Å². The van der Waals surface area contributed by atoms with Crippen molar-refractivity contribution in [2.75, 3.05) is 77.7 Å².